The van der Waals surface area contributed by atoms with Gasteiger partial charge in [0.1, 0.15) is 30.0 Å². The Morgan fingerprint density at radius 2 is 1.88 bits per heavy atom. The van der Waals surface area contributed by atoms with Gasteiger partial charge in [0.15, 0.2) is 16.9 Å². The average molecular weight is 354 g/mol. The first-order valence-corrected chi connectivity index (χ1v) is 7.53. The summed E-state index contributed by atoms with van der Waals surface area (Å²) < 4.78 is 21.3. The summed E-state index contributed by atoms with van der Waals surface area (Å²) in [5, 5.41) is 39.1. The van der Waals surface area contributed by atoms with Crippen LogP contribution in [0.4, 0.5) is 0 Å². The molecule has 0 unspecified atom stereocenters. The topological polar surface area (TPSA) is 139 Å². The highest BCUT2D eigenvalue weighted by atomic mass is 16.7. The Kier molecular flexibility index (Phi) is 4.93. The Balaban J connectivity index is 1.95. The van der Waals surface area contributed by atoms with E-state index in [9.17, 15) is 25.2 Å². The summed E-state index contributed by atoms with van der Waals surface area (Å²) in [7, 11) is 1.37. The molecule has 0 radical (unpaired) electrons. The molecule has 3 rings (SSSR count). The van der Waals surface area contributed by atoms with Crippen LogP contribution in [0.1, 0.15) is 0 Å². The molecule has 1 fully saturated rings. The minimum absolute atomic E-state index is 0.0914. The average Bonchev–Trinajstić information content (AvgIpc) is 2.62. The second-order valence-electron chi connectivity index (χ2n) is 5.60. The van der Waals surface area contributed by atoms with E-state index in [-0.39, 0.29) is 27.9 Å². The quantitative estimate of drug-likeness (QED) is 0.543. The van der Waals surface area contributed by atoms with Crippen LogP contribution in [-0.2, 0) is 4.74 Å². The van der Waals surface area contributed by atoms with Gasteiger partial charge in [0.2, 0.25) is 6.29 Å². The van der Waals surface area contributed by atoms with E-state index in [1.165, 1.54) is 31.6 Å². The number of ether oxygens (including phenoxy) is 3. The molecule has 0 spiro atoms. The maximum atomic E-state index is 11.9. The fourth-order valence-electron chi connectivity index (χ4n) is 2.63. The van der Waals surface area contributed by atoms with Crippen molar-refractivity contribution in [1.29, 1.82) is 0 Å². The molecule has 0 bridgehead atoms. The summed E-state index contributed by atoms with van der Waals surface area (Å²) in [5.74, 6) is 0.275. The number of aliphatic hydroxyl groups is 4. The number of hydrogen-bond donors (Lipinski definition) is 4. The lowest BCUT2D eigenvalue weighted by Gasteiger charge is -2.39. The monoisotopic (exact) mass is 354 g/mol. The van der Waals surface area contributed by atoms with Crippen molar-refractivity contribution in [2.24, 2.45) is 0 Å². The molecule has 1 aromatic heterocycles. The highest BCUT2D eigenvalue weighted by molar-refractivity contribution is 5.80. The van der Waals surface area contributed by atoms with E-state index in [1.54, 1.807) is 0 Å². The van der Waals surface area contributed by atoms with Gasteiger partial charge in [-0.1, -0.05) is 0 Å². The van der Waals surface area contributed by atoms with Crippen molar-refractivity contribution in [1.82, 2.24) is 0 Å². The minimum atomic E-state index is -1.57. The van der Waals surface area contributed by atoms with E-state index in [0.29, 0.717) is 0 Å². The van der Waals surface area contributed by atoms with Crippen LogP contribution in [0.2, 0.25) is 0 Å². The number of hydrogen-bond acceptors (Lipinski definition) is 9. The molecule has 0 amide bonds. The summed E-state index contributed by atoms with van der Waals surface area (Å²) in [6, 6.07) is 4.07. The van der Waals surface area contributed by atoms with Gasteiger partial charge in [-0.2, -0.15) is 0 Å². The second-order valence-corrected chi connectivity index (χ2v) is 5.60. The smallest absolute Gasteiger partial charge is 0.229 e. The first-order chi connectivity index (χ1) is 12.0. The molecule has 25 heavy (non-hydrogen) atoms. The molecule has 136 valence electrons. The van der Waals surface area contributed by atoms with Crippen LogP contribution in [0.3, 0.4) is 0 Å². The van der Waals surface area contributed by atoms with Crippen LogP contribution in [0.15, 0.2) is 33.7 Å². The highest BCUT2D eigenvalue weighted by Gasteiger charge is 2.45. The van der Waals surface area contributed by atoms with Crippen LogP contribution in [0.25, 0.3) is 11.0 Å². The summed E-state index contributed by atoms with van der Waals surface area (Å²) >= 11 is 0. The van der Waals surface area contributed by atoms with Crippen molar-refractivity contribution < 1.29 is 39.1 Å². The zero-order chi connectivity index (χ0) is 18.1. The van der Waals surface area contributed by atoms with E-state index in [0.717, 1.165) is 0 Å². The van der Waals surface area contributed by atoms with Crippen molar-refractivity contribution in [3.63, 3.8) is 0 Å². The molecule has 4 N–H and O–H groups in total. The zero-order valence-corrected chi connectivity index (χ0v) is 13.2. The van der Waals surface area contributed by atoms with Gasteiger partial charge < -0.3 is 39.1 Å². The molecule has 1 aliphatic heterocycles. The first-order valence-electron chi connectivity index (χ1n) is 7.53. The van der Waals surface area contributed by atoms with E-state index in [1.807, 2.05) is 0 Å². The number of aliphatic hydroxyl groups excluding tert-OH is 4. The van der Waals surface area contributed by atoms with Crippen molar-refractivity contribution in [2.45, 2.75) is 30.7 Å². The van der Waals surface area contributed by atoms with Crippen molar-refractivity contribution >= 4 is 11.0 Å². The van der Waals surface area contributed by atoms with Gasteiger partial charge >= 0.3 is 0 Å². The van der Waals surface area contributed by atoms with E-state index >= 15 is 0 Å². The van der Waals surface area contributed by atoms with Crippen LogP contribution < -0.4 is 14.9 Å². The Morgan fingerprint density at radius 1 is 1.12 bits per heavy atom. The van der Waals surface area contributed by atoms with Gasteiger partial charge in [0.25, 0.3) is 0 Å². The van der Waals surface area contributed by atoms with Crippen molar-refractivity contribution in [2.75, 3.05) is 13.7 Å². The Labute approximate surface area is 141 Å². The van der Waals surface area contributed by atoms with Crippen LogP contribution in [0, 0.1) is 0 Å². The molecular formula is C16H18O9. The lowest BCUT2D eigenvalue weighted by atomic mass is 9.99. The standard InChI is InChI=1S/C16H18O9/c1-22-10-4-7-8(18)2-3-23-9(7)5-11(10)24-16-15(21)14(20)13(19)12(6-17)25-16/h2-5,12-17,19-21H,6H2,1H3/t12-,13+,14+,15-,16-/m1/s1. The van der Waals surface area contributed by atoms with Crippen LogP contribution in [0.5, 0.6) is 11.5 Å². The summed E-state index contributed by atoms with van der Waals surface area (Å²) in [6.45, 7) is -0.575. The van der Waals surface area contributed by atoms with E-state index in [4.69, 9.17) is 18.6 Å². The molecule has 1 aliphatic rings. The van der Waals surface area contributed by atoms with Crippen molar-refractivity contribution in [3.05, 3.63) is 34.7 Å². The predicted molar refractivity (Wildman–Crippen MR) is 83.4 cm³/mol. The van der Waals surface area contributed by atoms with Gasteiger partial charge in [-0.15, -0.1) is 0 Å². The van der Waals surface area contributed by atoms with Gasteiger partial charge in [0.05, 0.1) is 25.4 Å². The maximum absolute atomic E-state index is 11.9. The summed E-state index contributed by atoms with van der Waals surface area (Å²) in [5.41, 5.74) is -0.0353. The zero-order valence-electron chi connectivity index (χ0n) is 13.2. The van der Waals surface area contributed by atoms with Gasteiger partial charge in [0, 0.05) is 12.1 Å². The largest absolute Gasteiger partial charge is 0.493 e. The molecule has 0 aliphatic carbocycles. The molecule has 2 heterocycles. The molecule has 1 saturated heterocycles. The Hall–Kier alpha value is -2.17. The molecule has 9 heteroatoms. The highest BCUT2D eigenvalue weighted by Crippen LogP contribution is 2.34. The second kappa shape index (κ2) is 6.98. The van der Waals surface area contributed by atoms with E-state index in [2.05, 4.69) is 0 Å². The van der Waals surface area contributed by atoms with Crippen LogP contribution in [-0.4, -0.2) is 64.8 Å². The number of rotatable bonds is 4. The Morgan fingerprint density at radius 3 is 2.56 bits per heavy atom. The first kappa shape index (κ1) is 17.6. The lowest BCUT2D eigenvalue weighted by Crippen LogP contribution is -2.60. The maximum Gasteiger partial charge on any atom is 0.229 e. The third kappa shape index (κ3) is 3.20. The molecular weight excluding hydrogens is 336 g/mol. The number of benzene rings is 1. The molecule has 0 saturated carbocycles. The molecule has 5 atom stereocenters. The van der Waals surface area contributed by atoms with Gasteiger partial charge in [-0.25, -0.2) is 0 Å². The number of methoxy groups -OCH3 is 1. The fourth-order valence-corrected chi connectivity index (χ4v) is 2.63. The fraction of sp³-hybridized carbons (Fsp3) is 0.438. The number of fused-ring (bicyclic) bond motifs is 1. The van der Waals surface area contributed by atoms with Gasteiger partial charge in [-0.3, -0.25) is 4.79 Å². The third-order valence-electron chi connectivity index (χ3n) is 4.04. The summed E-state index contributed by atoms with van der Waals surface area (Å²) in [4.78, 5) is 11.9. The lowest BCUT2D eigenvalue weighted by molar-refractivity contribution is -0.277. The van der Waals surface area contributed by atoms with Crippen molar-refractivity contribution in [3.8, 4) is 11.5 Å². The molecule has 9 nitrogen and oxygen atoms in total. The minimum Gasteiger partial charge on any atom is -0.493 e. The van der Waals surface area contributed by atoms with E-state index < -0.39 is 37.3 Å². The molecule has 1 aromatic carbocycles. The van der Waals surface area contributed by atoms with Crippen LogP contribution >= 0.6 is 0 Å². The normalized spacial score (nSPS) is 29.6. The molecule has 2 aromatic rings. The third-order valence-corrected chi connectivity index (χ3v) is 4.04. The predicted octanol–water partition coefficient (Wildman–Crippen LogP) is -1.02. The SMILES string of the molecule is COc1cc2c(=O)ccoc2cc1O[C@@H]1O[C@H](CO)[C@H](O)[C@H](O)[C@H]1O. The summed E-state index contributed by atoms with van der Waals surface area (Å²) in [6.07, 6.45) is -5.88. The Bertz CT molecular complexity index is 800. The van der Waals surface area contributed by atoms with Gasteiger partial charge in [-0.05, 0) is 6.07 Å².